The lowest BCUT2D eigenvalue weighted by Crippen LogP contribution is -2.41. The van der Waals surface area contributed by atoms with Crippen LogP contribution in [0.1, 0.15) is 37.5 Å². The van der Waals surface area contributed by atoms with Gasteiger partial charge >= 0.3 is 0 Å². The molecule has 0 saturated heterocycles. The summed E-state index contributed by atoms with van der Waals surface area (Å²) in [4.78, 5) is 11.6. The maximum absolute atomic E-state index is 11.6. The van der Waals surface area contributed by atoms with E-state index in [4.69, 9.17) is 0 Å². The van der Waals surface area contributed by atoms with Crippen LogP contribution in [0.4, 0.5) is 0 Å². The van der Waals surface area contributed by atoms with Crippen LogP contribution in [0.5, 0.6) is 0 Å². The van der Waals surface area contributed by atoms with Crippen molar-refractivity contribution in [2.45, 2.75) is 53.1 Å². The number of hydrogen-bond acceptors (Lipinski definition) is 2. The van der Waals surface area contributed by atoms with Gasteiger partial charge in [-0.25, -0.2) is 0 Å². The van der Waals surface area contributed by atoms with E-state index < -0.39 is 0 Å². The van der Waals surface area contributed by atoms with Gasteiger partial charge in [0, 0.05) is 6.04 Å². The predicted molar refractivity (Wildman–Crippen MR) is 72.4 cm³/mol. The van der Waals surface area contributed by atoms with Crippen molar-refractivity contribution in [3.05, 3.63) is 34.9 Å². The zero-order valence-corrected chi connectivity index (χ0v) is 11.5. The third-order valence-corrected chi connectivity index (χ3v) is 2.95. The monoisotopic (exact) mass is 233 g/mol. The van der Waals surface area contributed by atoms with E-state index in [-0.39, 0.29) is 11.8 Å². The lowest BCUT2D eigenvalue weighted by molar-refractivity contribution is -0.119. The van der Waals surface area contributed by atoms with Crippen molar-refractivity contribution < 1.29 is 4.79 Å². The van der Waals surface area contributed by atoms with E-state index in [0.717, 1.165) is 6.42 Å². The normalized spacial score (nSPS) is 12.8. The SMILES string of the molecule is CC(=O)[C@H](Cc1ccc(C)cc1C)NC(C)C. The number of ketones is 1. The van der Waals surface area contributed by atoms with Gasteiger partial charge in [-0.3, -0.25) is 4.79 Å². The Morgan fingerprint density at radius 3 is 2.41 bits per heavy atom. The number of rotatable bonds is 5. The molecule has 94 valence electrons. The largest absolute Gasteiger partial charge is 0.305 e. The number of benzene rings is 1. The van der Waals surface area contributed by atoms with Crippen molar-refractivity contribution in [2.75, 3.05) is 0 Å². The third kappa shape index (κ3) is 4.31. The molecule has 0 unspecified atom stereocenters. The molecular formula is C15H23NO. The topological polar surface area (TPSA) is 29.1 Å². The molecule has 0 aliphatic carbocycles. The summed E-state index contributed by atoms with van der Waals surface area (Å²) in [5, 5.41) is 3.32. The van der Waals surface area contributed by atoms with Gasteiger partial charge in [0.05, 0.1) is 6.04 Å². The second-order valence-electron chi connectivity index (χ2n) is 5.12. The van der Waals surface area contributed by atoms with Gasteiger partial charge in [0.1, 0.15) is 5.78 Å². The molecule has 0 radical (unpaired) electrons. The fourth-order valence-electron chi connectivity index (χ4n) is 2.02. The minimum Gasteiger partial charge on any atom is -0.305 e. The first-order valence-electron chi connectivity index (χ1n) is 6.22. The van der Waals surface area contributed by atoms with E-state index in [1.165, 1.54) is 16.7 Å². The Labute approximate surface area is 104 Å². The standard InChI is InChI=1S/C15H23NO/c1-10(2)16-15(13(5)17)9-14-7-6-11(3)8-12(14)4/h6-8,10,15-16H,9H2,1-5H3/t15-/m0/s1. The molecule has 0 spiro atoms. The summed E-state index contributed by atoms with van der Waals surface area (Å²) in [5.74, 6) is 0.207. The van der Waals surface area contributed by atoms with Crippen LogP contribution < -0.4 is 5.32 Å². The van der Waals surface area contributed by atoms with Gasteiger partial charge in [0.2, 0.25) is 0 Å². The highest BCUT2D eigenvalue weighted by molar-refractivity contribution is 5.81. The summed E-state index contributed by atoms with van der Waals surface area (Å²) in [6.07, 6.45) is 0.777. The van der Waals surface area contributed by atoms with E-state index in [1.807, 2.05) is 0 Å². The Balaban J connectivity index is 2.82. The summed E-state index contributed by atoms with van der Waals surface area (Å²) in [6, 6.07) is 6.66. The van der Waals surface area contributed by atoms with Crippen molar-refractivity contribution in [2.24, 2.45) is 0 Å². The molecule has 0 bridgehead atoms. The van der Waals surface area contributed by atoms with Crippen LogP contribution in [0.3, 0.4) is 0 Å². The number of carbonyl (C=O) groups excluding carboxylic acids is 1. The molecule has 2 heteroatoms. The summed E-state index contributed by atoms with van der Waals surface area (Å²) >= 11 is 0. The number of nitrogens with one attached hydrogen (secondary N) is 1. The van der Waals surface area contributed by atoms with Crippen LogP contribution in [-0.2, 0) is 11.2 Å². The van der Waals surface area contributed by atoms with E-state index in [1.54, 1.807) is 6.92 Å². The van der Waals surface area contributed by atoms with E-state index in [0.29, 0.717) is 6.04 Å². The number of aryl methyl sites for hydroxylation is 2. The summed E-state index contributed by atoms with van der Waals surface area (Å²) < 4.78 is 0. The fourth-order valence-corrected chi connectivity index (χ4v) is 2.02. The predicted octanol–water partition coefficient (Wildman–Crippen LogP) is 2.80. The molecule has 2 nitrogen and oxygen atoms in total. The lowest BCUT2D eigenvalue weighted by atomic mass is 9.97. The van der Waals surface area contributed by atoms with Gasteiger partial charge in [-0.15, -0.1) is 0 Å². The molecule has 17 heavy (non-hydrogen) atoms. The highest BCUT2D eigenvalue weighted by atomic mass is 16.1. The summed E-state index contributed by atoms with van der Waals surface area (Å²) in [7, 11) is 0. The molecule has 0 aliphatic rings. The Kier molecular flexibility index (Phi) is 4.88. The fraction of sp³-hybridized carbons (Fsp3) is 0.533. The average molecular weight is 233 g/mol. The van der Waals surface area contributed by atoms with Crippen molar-refractivity contribution in [3.63, 3.8) is 0 Å². The first-order chi connectivity index (χ1) is 7.90. The molecule has 1 N–H and O–H groups in total. The maximum Gasteiger partial charge on any atom is 0.147 e. The lowest BCUT2D eigenvalue weighted by Gasteiger charge is -2.19. The van der Waals surface area contributed by atoms with Gasteiger partial charge in [-0.2, -0.15) is 0 Å². The molecule has 0 aliphatic heterocycles. The average Bonchev–Trinajstić information content (AvgIpc) is 2.19. The second kappa shape index (κ2) is 5.97. The molecule has 1 rings (SSSR count). The molecule has 1 aromatic carbocycles. The number of carbonyl (C=O) groups is 1. The highest BCUT2D eigenvalue weighted by Gasteiger charge is 2.16. The summed E-state index contributed by atoms with van der Waals surface area (Å²) in [6.45, 7) is 9.99. The first-order valence-corrected chi connectivity index (χ1v) is 6.22. The molecule has 1 atom stereocenters. The van der Waals surface area contributed by atoms with Crippen LogP contribution in [0, 0.1) is 13.8 Å². The Morgan fingerprint density at radius 2 is 1.94 bits per heavy atom. The van der Waals surface area contributed by atoms with Crippen LogP contribution in [-0.4, -0.2) is 17.9 Å². The van der Waals surface area contributed by atoms with Gasteiger partial charge in [-0.1, -0.05) is 37.6 Å². The van der Waals surface area contributed by atoms with Gasteiger partial charge in [0.15, 0.2) is 0 Å². The Hall–Kier alpha value is -1.15. The smallest absolute Gasteiger partial charge is 0.147 e. The van der Waals surface area contributed by atoms with Crippen molar-refractivity contribution in [1.29, 1.82) is 0 Å². The van der Waals surface area contributed by atoms with Crippen molar-refractivity contribution >= 4 is 5.78 Å². The molecule has 0 aromatic heterocycles. The Bertz CT molecular complexity index is 396. The summed E-state index contributed by atoms with van der Waals surface area (Å²) in [5.41, 5.74) is 3.79. The van der Waals surface area contributed by atoms with E-state index in [9.17, 15) is 4.79 Å². The molecular weight excluding hydrogens is 210 g/mol. The van der Waals surface area contributed by atoms with Gasteiger partial charge in [0.25, 0.3) is 0 Å². The highest BCUT2D eigenvalue weighted by Crippen LogP contribution is 2.13. The number of hydrogen-bond donors (Lipinski definition) is 1. The van der Waals surface area contributed by atoms with Crippen molar-refractivity contribution in [3.8, 4) is 0 Å². The Morgan fingerprint density at radius 1 is 1.29 bits per heavy atom. The zero-order chi connectivity index (χ0) is 13.0. The van der Waals surface area contributed by atoms with Crippen LogP contribution in [0.25, 0.3) is 0 Å². The van der Waals surface area contributed by atoms with E-state index in [2.05, 4.69) is 51.2 Å². The molecule has 0 heterocycles. The van der Waals surface area contributed by atoms with Gasteiger partial charge < -0.3 is 5.32 Å². The minimum atomic E-state index is -0.0728. The minimum absolute atomic E-state index is 0.0728. The van der Waals surface area contributed by atoms with Crippen LogP contribution >= 0.6 is 0 Å². The van der Waals surface area contributed by atoms with Crippen molar-refractivity contribution in [1.82, 2.24) is 5.32 Å². The molecule has 0 amide bonds. The molecule has 0 fully saturated rings. The first kappa shape index (κ1) is 13.9. The second-order valence-corrected chi connectivity index (χ2v) is 5.12. The molecule has 1 aromatic rings. The number of Topliss-reactive ketones (excluding diaryl/α,β-unsaturated/α-hetero) is 1. The van der Waals surface area contributed by atoms with E-state index >= 15 is 0 Å². The molecule has 0 saturated carbocycles. The van der Waals surface area contributed by atoms with Crippen LogP contribution in [0.15, 0.2) is 18.2 Å². The quantitative estimate of drug-likeness (QED) is 0.847. The van der Waals surface area contributed by atoms with Crippen LogP contribution in [0.2, 0.25) is 0 Å². The third-order valence-electron chi connectivity index (χ3n) is 2.95. The van der Waals surface area contributed by atoms with Gasteiger partial charge in [-0.05, 0) is 38.3 Å². The maximum atomic E-state index is 11.6. The zero-order valence-electron chi connectivity index (χ0n) is 11.5.